The molecule has 6 heteroatoms. The highest BCUT2D eigenvalue weighted by molar-refractivity contribution is 5.81. The first-order valence-corrected chi connectivity index (χ1v) is 7.11. The summed E-state index contributed by atoms with van der Waals surface area (Å²) in [5.41, 5.74) is 6.37. The number of hydrogen-bond donors (Lipinski definition) is 3. The molecule has 0 aromatic carbocycles. The fourth-order valence-corrected chi connectivity index (χ4v) is 1.52. The Morgan fingerprint density at radius 1 is 1.29 bits per heavy atom. The molecule has 4 N–H and O–H groups in total. The number of pyridine rings is 1. The van der Waals surface area contributed by atoms with Gasteiger partial charge in [-0.2, -0.15) is 0 Å². The Morgan fingerprint density at radius 2 is 2.00 bits per heavy atom. The average Bonchev–Trinajstić information content (AvgIpc) is 2.43. The van der Waals surface area contributed by atoms with Crippen molar-refractivity contribution in [2.24, 2.45) is 16.1 Å². The van der Waals surface area contributed by atoms with Gasteiger partial charge in [0.15, 0.2) is 5.96 Å². The van der Waals surface area contributed by atoms with Crippen LogP contribution in [-0.2, 0) is 11.2 Å². The van der Waals surface area contributed by atoms with E-state index in [0.29, 0.717) is 25.6 Å². The summed E-state index contributed by atoms with van der Waals surface area (Å²) in [5.74, 6) is 0.408. The first-order chi connectivity index (χ1) is 9.89. The number of rotatable bonds is 6. The van der Waals surface area contributed by atoms with Crippen molar-refractivity contribution in [2.45, 2.75) is 27.2 Å². The average molecular weight is 291 g/mol. The van der Waals surface area contributed by atoms with Gasteiger partial charge in [0.05, 0.1) is 0 Å². The fourth-order valence-electron chi connectivity index (χ4n) is 1.52. The normalized spacial score (nSPS) is 12.0. The van der Waals surface area contributed by atoms with E-state index in [1.54, 1.807) is 6.20 Å². The molecule has 1 aromatic heterocycles. The van der Waals surface area contributed by atoms with E-state index in [4.69, 9.17) is 5.73 Å². The van der Waals surface area contributed by atoms with Crippen LogP contribution in [-0.4, -0.2) is 36.5 Å². The van der Waals surface area contributed by atoms with E-state index >= 15 is 0 Å². The third-order valence-electron chi connectivity index (χ3n) is 2.77. The SMILES string of the molecule is CC(C)(C)C(=O)NCCNC(N)=NCCc1ccccn1. The maximum atomic E-state index is 11.6. The van der Waals surface area contributed by atoms with Gasteiger partial charge in [-0.1, -0.05) is 26.8 Å². The summed E-state index contributed by atoms with van der Waals surface area (Å²) in [5, 5.41) is 5.81. The molecule has 1 amide bonds. The van der Waals surface area contributed by atoms with Gasteiger partial charge in [-0.3, -0.25) is 14.8 Å². The lowest BCUT2D eigenvalue weighted by molar-refractivity contribution is -0.128. The molecule has 116 valence electrons. The van der Waals surface area contributed by atoms with Crippen LogP contribution in [0.2, 0.25) is 0 Å². The Kier molecular flexibility index (Phi) is 6.65. The molecule has 0 aliphatic rings. The predicted octanol–water partition coefficient (Wildman–Crippen LogP) is 0.691. The van der Waals surface area contributed by atoms with Gasteiger partial charge in [-0.15, -0.1) is 0 Å². The minimum atomic E-state index is -0.373. The highest BCUT2D eigenvalue weighted by Gasteiger charge is 2.20. The smallest absolute Gasteiger partial charge is 0.225 e. The second-order valence-corrected chi connectivity index (χ2v) is 5.77. The number of aliphatic imine (C=N–C) groups is 1. The Labute approximate surface area is 126 Å². The second-order valence-electron chi connectivity index (χ2n) is 5.77. The van der Waals surface area contributed by atoms with E-state index in [1.165, 1.54) is 0 Å². The monoisotopic (exact) mass is 291 g/mol. The Hall–Kier alpha value is -2.11. The van der Waals surface area contributed by atoms with Gasteiger partial charge in [0.1, 0.15) is 0 Å². The lowest BCUT2D eigenvalue weighted by atomic mass is 9.96. The Balaban J connectivity index is 2.17. The molecule has 0 aliphatic heterocycles. The molecule has 1 heterocycles. The summed E-state index contributed by atoms with van der Waals surface area (Å²) in [6.45, 7) is 7.30. The number of nitrogens with zero attached hydrogens (tertiary/aromatic N) is 2. The van der Waals surface area contributed by atoms with E-state index in [1.807, 2.05) is 39.0 Å². The van der Waals surface area contributed by atoms with Gasteiger partial charge in [0, 0.05) is 43.4 Å². The lowest BCUT2D eigenvalue weighted by Gasteiger charge is -2.17. The van der Waals surface area contributed by atoms with Crippen molar-refractivity contribution in [2.75, 3.05) is 19.6 Å². The lowest BCUT2D eigenvalue weighted by Crippen LogP contribution is -2.41. The minimum Gasteiger partial charge on any atom is -0.370 e. The summed E-state index contributed by atoms with van der Waals surface area (Å²) in [6, 6.07) is 5.79. The molecule has 6 nitrogen and oxygen atoms in total. The van der Waals surface area contributed by atoms with Gasteiger partial charge < -0.3 is 16.4 Å². The molecular formula is C15H25N5O. The van der Waals surface area contributed by atoms with Crippen LogP contribution in [0.5, 0.6) is 0 Å². The summed E-state index contributed by atoms with van der Waals surface area (Å²) >= 11 is 0. The maximum absolute atomic E-state index is 11.6. The number of aromatic nitrogens is 1. The first kappa shape index (κ1) is 16.9. The summed E-state index contributed by atoms with van der Waals surface area (Å²) < 4.78 is 0. The molecule has 0 aliphatic carbocycles. The number of hydrogen-bond acceptors (Lipinski definition) is 3. The van der Waals surface area contributed by atoms with Gasteiger partial charge in [-0.25, -0.2) is 0 Å². The molecule has 1 rings (SSSR count). The molecular weight excluding hydrogens is 266 g/mol. The van der Waals surface area contributed by atoms with Gasteiger partial charge in [-0.05, 0) is 12.1 Å². The molecule has 0 spiro atoms. The third-order valence-corrected chi connectivity index (χ3v) is 2.77. The highest BCUT2D eigenvalue weighted by Crippen LogP contribution is 2.11. The molecule has 1 aromatic rings. The molecule has 0 saturated carbocycles. The van der Waals surface area contributed by atoms with Crippen molar-refractivity contribution in [3.05, 3.63) is 30.1 Å². The zero-order valence-electron chi connectivity index (χ0n) is 13.0. The highest BCUT2D eigenvalue weighted by atomic mass is 16.2. The number of guanidine groups is 1. The van der Waals surface area contributed by atoms with Crippen LogP contribution < -0.4 is 16.4 Å². The van der Waals surface area contributed by atoms with Crippen LogP contribution >= 0.6 is 0 Å². The quantitative estimate of drug-likeness (QED) is 0.408. The number of amides is 1. The minimum absolute atomic E-state index is 0.0231. The van der Waals surface area contributed by atoms with E-state index in [-0.39, 0.29) is 11.3 Å². The third kappa shape index (κ3) is 7.29. The molecule has 0 fully saturated rings. The van der Waals surface area contributed by atoms with E-state index in [0.717, 1.165) is 12.1 Å². The number of nitrogens with one attached hydrogen (secondary N) is 2. The molecule has 0 saturated heterocycles. The van der Waals surface area contributed by atoms with Gasteiger partial charge >= 0.3 is 0 Å². The summed E-state index contributed by atoms with van der Waals surface area (Å²) in [6.07, 6.45) is 2.52. The fraction of sp³-hybridized carbons (Fsp3) is 0.533. The van der Waals surface area contributed by atoms with Crippen LogP contribution in [0.25, 0.3) is 0 Å². The van der Waals surface area contributed by atoms with Crippen LogP contribution in [0, 0.1) is 5.41 Å². The Bertz CT molecular complexity index is 465. The van der Waals surface area contributed by atoms with E-state index in [9.17, 15) is 4.79 Å². The number of nitrogens with two attached hydrogens (primary N) is 1. The van der Waals surface area contributed by atoms with E-state index in [2.05, 4.69) is 20.6 Å². The molecule has 0 atom stereocenters. The molecule has 0 bridgehead atoms. The van der Waals surface area contributed by atoms with Crippen molar-refractivity contribution in [3.63, 3.8) is 0 Å². The van der Waals surface area contributed by atoms with Gasteiger partial charge in [0.25, 0.3) is 0 Å². The van der Waals surface area contributed by atoms with Crippen LogP contribution in [0.3, 0.4) is 0 Å². The first-order valence-electron chi connectivity index (χ1n) is 7.11. The molecule has 21 heavy (non-hydrogen) atoms. The van der Waals surface area contributed by atoms with Crippen molar-refractivity contribution < 1.29 is 4.79 Å². The standard InChI is InChI=1S/C15H25N5O/c1-15(2,3)13(21)18-10-11-20-14(16)19-9-7-12-6-4-5-8-17-12/h4-6,8H,7,9-11H2,1-3H3,(H,18,21)(H3,16,19,20). The predicted molar refractivity (Wildman–Crippen MR) is 84.9 cm³/mol. The number of carbonyl (C=O) groups excluding carboxylic acids is 1. The van der Waals surface area contributed by atoms with Crippen LogP contribution in [0.1, 0.15) is 26.5 Å². The van der Waals surface area contributed by atoms with Crippen molar-refractivity contribution >= 4 is 11.9 Å². The van der Waals surface area contributed by atoms with Gasteiger partial charge in [0.2, 0.25) is 5.91 Å². The zero-order chi connectivity index (χ0) is 15.7. The zero-order valence-corrected chi connectivity index (χ0v) is 13.0. The van der Waals surface area contributed by atoms with Crippen LogP contribution in [0.4, 0.5) is 0 Å². The second kappa shape index (κ2) is 8.24. The van der Waals surface area contributed by atoms with Crippen molar-refractivity contribution in [1.29, 1.82) is 0 Å². The number of carbonyl (C=O) groups is 1. The molecule has 0 radical (unpaired) electrons. The van der Waals surface area contributed by atoms with Crippen molar-refractivity contribution in [3.8, 4) is 0 Å². The van der Waals surface area contributed by atoms with Crippen molar-refractivity contribution in [1.82, 2.24) is 15.6 Å². The summed E-state index contributed by atoms with van der Waals surface area (Å²) in [4.78, 5) is 20.1. The maximum Gasteiger partial charge on any atom is 0.225 e. The molecule has 0 unspecified atom stereocenters. The Morgan fingerprint density at radius 3 is 2.62 bits per heavy atom. The largest absolute Gasteiger partial charge is 0.370 e. The summed E-state index contributed by atoms with van der Waals surface area (Å²) in [7, 11) is 0. The topological polar surface area (TPSA) is 92.4 Å². The van der Waals surface area contributed by atoms with E-state index < -0.39 is 0 Å². The van der Waals surface area contributed by atoms with Crippen LogP contribution in [0.15, 0.2) is 29.4 Å².